The minimum Gasteiger partial charge on any atom is -0.380 e. The summed E-state index contributed by atoms with van der Waals surface area (Å²) >= 11 is 0. The molecule has 1 N–H and O–H groups in total. The van der Waals surface area contributed by atoms with Crippen LogP contribution in [0.3, 0.4) is 0 Å². The van der Waals surface area contributed by atoms with Crippen molar-refractivity contribution in [1.82, 2.24) is 4.98 Å². The Morgan fingerprint density at radius 3 is 2.45 bits per heavy atom. The zero-order chi connectivity index (χ0) is 12.2. The Morgan fingerprint density at radius 2 is 1.65 bits per heavy atom. The number of nitrogens with zero attached hydrogens (tertiary/aromatic N) is 1. The minimum absolute atomic E-state index is 0. The summed E-state index contributed by atoms with van der Waals surface area (Å²) in [7, 11) is 0. The van der Waals surface area contributed by atoms with Gasteiger partial charge in [0.2, 0.25) is 0 Å². The third-order valence-electron chi connectivity index (χ3n) is 3.02. The quantitative estimate of drug-likeness (QED) is 0.674. The van der Waals surface area contributed by atoms with Gasteiger partial charge in [0.1, 0.15) is 0 Å². The molecule has 0 aliphatic carbocycles. The van der Waals surface area contributed by atoms with Crippen molar-refractivity contribution in [2.45, 2.75) is 6.54 Å². The van der Waals surface area contributed by atoms with Crippen molar-refractivity contribution in [3.05, 3.63) is 72.6 Å². The zero-order valence-corrected chi connectivity index (χ0v) is 14.2. The molecule has 0 amide bonds. The van der Waals surface area contributed by atoms with E-state index in [2.05, 4.69) is 52.8 Å². The molecule has 1 aromatic heterocycles. The monoisotopic (exact) mass is 394 g/mol. The van der Waals surface area contributed by atoms with Crippen LogP contribution in [-0.4, -0.2) is 4.98 Å². The Labute approximate surface area is 139 Å². The molecule has 0 unspecified atom stereocenters. The Balaban J connectivity index is 0.000001000. The lowest BCUT2D eigenvalue weighted by molar-refractivity contribution is 1.15. The number of fused-ring (bicyclic) bond motifs is 1. The van der Waals surface area contributed by atoms with Gasteiger partial charge >= 0.3 is 0 Å². The van der Waals surface area contributed by atoms with Gasteiger partial charge in [-0.25, -0.2) is 0 Å². The predicted molar refractivity (Wildman–Crippen MR) is 96.2 cm³/mol. The molecule has 0 fully saturated rings. The van der Waals surface area contributed by atoms with Gasteiger partial charge in [0, 0.05) is 18.9 Å². The van der Waals surface area contributed by atoms with E-state index in [4.69, 9.17) is 0 Å². The molecule has 104 valence electrons. The van der Waals surface area contributed by atoms with Gasteiger partial charge in [-0.15, -0.1) is 34.0 Å². The lowest BCUT2D eigenvalue weighted by Crippen LogP contribution is -2.00. The van der Waals surface area contributed by atoms with Gasteiger partial charge in [-0.1, -0.05) is 42.5 Å². The summed E-state index contributed by atoms with van der Waals surface area (Å²) in [4.78, 5) is 4.10. The predicted octanol–water partition coefficient (Wildman–Crippen LogP) is 5.00. The molecular formula is C16H16Br2N2. The third kappa shape index (κ3) is 3.81. The van der Waals surface area contributed by atoms with Gasteiger partial charge in [-0.3, -0.25) is 4.98 Å². The average Bonchev–Trinajstić information content (AvgIpc) is 2.46. The normalized spacial score (nSPS) is 9.40. The molecule has 0 saturated heterocycles. The smallest absolute Gasteiger partial charge is 0.0529 e. The standard InChI is InChI=1S/C16H14N2.2BrH/c1-2-9-16-13(5-1)6-3-7-14(16)11-18-15-8-4-10-17-12-15;;/h1-10,12,18H,11H2;2*1H. The molecule has 0 radical (unpaired) electrons. The van der Waals surface area contributed by atoms with Crippen LogP contribution >= 0.6 is 34.0 Å². The number of hydrogen-bond acceptors (Lipinski definition) is 2. The van der Waals surface area contributed by atoms with Crippen LogP contribution in [0.25, 0.3) is 10.8 Å². The molecule has 0 aliphatic heterocycles. The highest BCUT2D eigenvalue weighted by Gasteiger charge is 1.99. The molecule has 0 aliphatic rings. The fraction of sp³-hybridized carbons (Fsp3) is 0.0625. The van der Waals surface area contributed by atoms with E-state index in [1.54, 1.807) is 6.20 Å². The second-order valence-corrected chi connectivity index (χ2v) is 4.23. The maximum Gasteiger partial charge on any atom is 0.0529 e. The molecule has 0 bridgehead atoms. The first kappa shape index (κ1) is 16.7. The molecule has 0 atom stereocenters. The van der Waals surface area contributed by atoms with Crippen LogP contribution < -0.4 is 5.32 Å². The zero-order valence-electron chi connectivity index (χ0n) is 10.8. The lowest BCUT2D eigenvalue weighted by atomic mass is 10.0. The number of aromatic nitrogens is 1. The van der Waals surface area contributed by atoms with Gasteiger partial charge in [0.25, 0.3) is 0 Å². The highest BCUT2D eigenvalue weighted by atomic mass is 79.9. The average molecular weight is 396 g/mol. The van der Waals surface area contributed by atoms with Crippen LogP contribution in [0.2, 0.25) is 0 Å². The number of hydrogen-bond donors (Lipinski definition) is 1. The summed E-state index contributed by atoms with van der Waals surface area (Å²) in [5.41, 5.74) is 2.35. The largest absolute Gasteiger partial charge is 0.380 e. The van der Waals surface area contributed by atoms with Crippen molar-refractivity contribution in [3.8, 4) is 0 Å². The molecular weight excluding hydrogens is 380 g/mol. The minimum atomic E-state index is 0. The Morgan fingerprint density at radius 1 is 0.850 bits per heavy atom. The number of anilines is 1. The summed E-state index contributed by atoms with van der Waals surface area (Å²) in [6, 6.07) is 18.8. The van der Waals surface area contributed by atoms with Crippen molar-refractivity contribution in [2.24, 2.45) is 0 Å². The van der Waals surface area contributed by atoms with Crippen LogP contribution in [0, 0.1) is 0 Å². The second-order valence-electron chi connectivity index (χ2n) is 4.23. The molecule has 20 heavy (non-hydrogen) atoms. The van der Waals surface area contributed by atoms with E-state index in [9.17, 15) is 0 Å². The fourth-order valence-electron chi connectivity index (χ4n) is 2.11. The van der Waals surface area contributed by atoms with Gasteiger partial charge in [-0.05, 0) is 28.5 Å². The number of halogens is 2. The first-order chi connectivity index (χ1) is 8.93. The molecule has 2 nitrogen and oxygen atoms in total. The Bertz CT molecular complexity index is 651. The number of nitrogens with one attached hydrogen (secondary N) is 1. The van der Waals surface area contributed by atoms with Gasteiger partial charge in [0.15, 0.2) is 0 Å². The van der Waals surface area contributed by atoms with Crippen molar-refractivity contribution >= 4 is 50.4 Å². The SMILES string of the molecule is Br.Br.c1cncc(NCc2cccc3ccccc23)c1. The van der Waals surface area contributed by atoms with Gasteiger partial charge in [-0.2, -0.15) is 0 Å². The van der Waals surface area contributed by atoms with Crippen molar-refractivity contribution < 1.29 is 0 Å². The molecule has 2 aromatic carbocycles. The third-order valence-corrected chi connectivity index (χ3v) is 3.02. The van der Waals surface area contributed by atoms with Crippen LogP contribution in [0.4, 0.5) is 5.69 Å². The van der Waals surface area contributed by atoms with E-state index >= 15 is 0 Å². The van der Waals surface area contributed by atoms with Crippen LogP contribution in [-0.2, 0) is 6.54 Å². The van der Waals surface area contributed by atoms with E-state index in [0.717, 1.165) is 12.2 Å². The first-order valence-electron chi connectivity index (χ1n) is 6.04. The first-order valence-corrected chi connectivity index (χ1v) is 6.04. The number of rotatable bonds is 3. The molecule has 0 spiro atoms. The Hall–Kier alpha value is -1.39. The lowest BCUT2D eigenvalue weighted by Gasteiger charge is -2.08. The summed E-state index contributed by atoms with van der Waals surface area (Å²) in [5, 5.41) is 5.97. The van der Waals surface area contributed by atoms with Crippen LogP contribution in [0.15, 0.2) is 67.0 Å². The van der Waals surface area contributed by atoms with Gasteiger partial charge < -0.3 is 5.32 Å². The van der Waals surface area contributed by atoms with Crippen molar-refractivity contribution in [2.75, 3.05) is 5.32 Å². The number of pyridine rings is 1. The summed E-state index contributed by atoms with van der Waals surface area (Å²) in [6.45, 7) is 0.813. The van der Waals surface area contributed by atoms with E-state index in [-0.39, 0.29) is 34.0 Å². The highest BCUT2D eigenvalue weighted by molar-refractivity contribution is 8.93. The van der Waals surface area contributed by atoms with E-state index in [1.165, 1.54) is 16.3 Å². The molecule has 1 heterocycles. The fourth-order valence-corrected chi connectivity index (χ4v) is 2.11. The van der Waals surface area contributed by atoms with E-state index in [1.807, 2.05) is 18.3 Å². The van der Waals surface area contributed by atoms with Crippen molar-refractivity contribution in [3.63, 3.8) is 0 Å². The van der Waals surface area contributed by atoms with Crippen LogP contribution in [0.5, 0.6) is 0 Å². The topological polar surface area (TPSA) is 24.9 Å². The maximum atomic E-state index is 4.10. The Kier molecular flexibility index (Phi) is 6.68. The molecule has 3 rings (SSSR count). The number of benzene rings is 2. The summed E-state index contributed by atoms with van der Waals surface area (Å²) < 4.78 is 0. The van der Waals surface area contributed by atoms with E-state index < -0.39 is 0 Å². The molecule has 0 saturated carbocycles. The molecule has 3 aromatic rings. The van der Waals surface area contributed by atoms with E-state index in [0.29, 0.717) is 0 Å². The van der Waals surface area contributed by atoms with Crippen LogP contribution in [0.1, 0.15) is 5.56 Å². The maximum absolute atomic E-state index is 4.10. The van der Waals surface area contributed by atoms with Crippen molar-refractivity contribution in [1.29, 1.82) is 0 Å². The highest BCUT2D eigenvalue weighted by Crippen LogP contribution is 2.19. The van der Waals surface area contributed by atoms with Gasteiger partial charge in [0.05, 0.1) is 5.69 Å². The summed E-state index contributed by atoms with van der Waals surface area (Å²) in [6.07, 6.45) is 3.62. The second kappa shape index (κ2) is 8.02. The summed E-state index contributed by atoms with van der Waals surface area (Å²) in [5.74, 6) is 0. The molecule has 4 heteroatoms.